The Morgan fingerprint density at radius 2 is 1.86 bits per heavy atom. The minimum atomic E-state index is -0.597. The van der Waals surface area contributed by atoms with E-state index < -0.39 is 6.04 Å². The van der Waals surface area contributed by atoms with Gasteiger partial charge < -0.3 is 20.1 Å². The van der Waals surface area contributed by atoms with E-state index in [2.05, 4.69) is 10.6 Å². The Kier molecular flexibility index (Phi) is 6.95. The van der Waals surface area contributed by atoms with E-state index in [-0.39, 0.29) is 18.1 Å². The number of para-hydroxylation sites is 1. The quantitative estimate of drug-likeness (QED) is 0.562. The highest BCUT2D eigenvalue weighted by atomic mass is 16.5. The van der Waals surface area contributed by atoms with Gasteiger partial charge in [0.05, 0.1) is 18.2 Å². The van der Waals surface area contributed by atoms with Gasteiger partial charge in [-0.25, -0.2) is 9.59 Å². The van der Waals surface area contributed by atoms with Gasteiger partial charge in [0.1, 0.15) is 11.9 Å². The number of allylic oxidation sites excluding steroid dienone is 1. The lowest BCUT2D eigenvalue weighted by molar-refractivity contribution is -0.145. The first-order valence-electron chi connectivity index (χ1n) is 10.3. The number of esters is 1. The molecule has 1 aromatic carbocycles. The van der Waals surface area contributed by atoms with E-state index in [0.29, 0.717) is 23.6 Å². The van der Waals surface area contributed by atoms with E-state index in [1.807, 2.05) is 31.2 Å². The van der Waals surface area contributed by atoms with Gasteiger partial charge in [0.25, 0.3) is 0 Å². The minimum absolute atomic E-state index is 0.0554. The number of amides is 2. The highest BCUT2D eigenvalue weighted by molar-refractivity contribution is 5.95. The predicted molar refractivity (Wildman–Crippen MR) is 107 cm³/mol. The van der Waals surface area contributed by atoms with Crippen molar-refractivity contribution in [3.05, 3.63) is 41.1 Å². The fourth-order valence-corrected chi connectivity index (χ4v) is 3.83. The summed E-state index contributed by atoms with van der Waals surface area (Å²) in [6, 6.07) is 6.58. The Labute approximate surface area is 166 Å². The molecule has 0 spiro atoms. The molecule has 0 saturated heterocycles. The van der Waals surface area contributed by atoms with E-state index in [9.17, 15) is 9.59 Å². The maximum atomic E-state index is 13.1. The predicted octanol–water partition coefficient (Wildman–Crippen LogP) is 4.37. The summed E-state index contributed by atoms with van der Waals surface area (Å²) in [5.74, 6) is 0.302. The van der Waals surface area contributed by atoms with Gasteiger partial charge in [0, 0.05) is 11.3 Å². The van der Waals surface area contributed by atoms with E-state index >= 15 is 0 Å². The van der Waals surface area contributed by atoms with Gasteiger partial charge in [0.15, 0.2) is 0 Å². The second-order valence-electron chi connectivity index (χ2n) is 7.48. The van der Waals surface area contributed by atoms with Crippen LogP contribution in [0, 0.1) is 0 Å². The average molecular weight is 386 g/mol. The van der Waals surface area contributed by atoms with E-state index in [1.165, 1.54) is 12.8 Å². The molecule has 1 aromatic rings. The topological polar surface area (TPSA) is 76.7 Å². The molecule has 0 unspecified atom stereocenters. The molecule has 0 bridgehead atoms. The Bertz CT molecular complexity index is 736. The van der Waals surface area contributed by atoms with Gasteiger partial charge in [-0.05, 0) is 45.1 Å². The summed E-state index contributed by atoms with van der Waals surface area (Å²) in [6.45, 7) is 4.35. The summed E-state index contributed by atoms with van der Waals surface area (Å²) in [6.07, 6.45) is 7.18. The van der Waals surface area contributed by atoms with E-state index in [1.54, 1.807) is 6.92 Å². The van der Waals surface area contributed by atoms with E-state index in [0.717, 1.165) is 37.7 Å². The van der Waals surface area contributed by atoms with Crippen LogP contribution in [0.15, 0.2) is 35.5 Å². The number of benzene rings is 1. The van der Waals surface area contributed by atoms with Crippen molar-refractivity contribution in [1.82, 2.24) is 10.6 Å². The van der Waals surface area contributed by atoms with Crippen molar-refractivity contribution in [2.75, 3.05) is 6.61 Å². The Hall–Kier alpha value is -2.50. The zero-order chi connectivity index (χ0) is 19.9. The monoisotopic (exact) mass is 386 g/mol. The second-order valence-corrected chi connectivity index (χ2v) is 7.48. The van der Waals surface area contributed by atoms with Crippen molar-refractivity contribution in [2.45, 2.75) is 70.9 Å². The van der Waals surface area contributed by atoms with Gasteiger partial charge >= 0.3 is 12.0 Å². The van der Waals surface area contributed by atoms with Crippen molar-refractivity contribution >= 4 is 12.0 Å². The molecule has 1 saturated carbocycles. The SMILES string of the molecule is CCCOc1ccccc1[C@@H]1NC(=O)NC(C)=C1C(=O)OC1CCCCCC1. The first-order chi connectivity index (χ1) is 13.6. The van der Waals surface area contributed by atoms with Crippen molar-refractivity contribution < 1.29 is 19.1 Å². The van der Waals surface area contributed by atoms with Crippen LogP contribution in [0.5, 0.6) is 5.75 Å². The number of carbonyl (C=O) groups is 2. The third-order valence-electron chi connectivity index (χ3n) is 5.26. The molecule has 6 heteroatoms. The summed E-state index contributed by atoms with van der Waals surface area (Å²) in [7, 11) is 0. The van der Waals surface area contributed by atoms with Crippen molar-refractivity contribution in [1.29, 1.82) is 0 Å². The molecule has 0 radical (unpaired) electrons. The summed E-state index contributed by atoms with van der Waals surface area (Å²) >= 11 is 0. The first-order valence-corrected chi connectivity index (χ1v) is 10.3. The molecular weight excluding hydrogens is 356 g/mol. The molecule has 152 valence electrons. The van der Waals surface area contributed by atoms with Gasteiger partial charge in [-0.3, -0.25) is 0 Å². The van der Waals surface area contributed by atoms with Gasteiger partial charge in [-0.1, -0.05) is 38.0 Å². The van der Waals surface area contributed by atoms with Crippen LogP contribution >= 0.6 is 0 Å². The number of ether oxygens (including phenoxy) is 2. The average Bonchev–Trinajstić information content (AvgIpc) is 2.94. The summed E-state index contributed by atoms with van der Waals surface area (Å²) in [5.41, 5.74) is 1.73. The Balaban J connectivity index is 1.87. The maximum absolute atomic E-state index is 13.1. The largest absolute Gasteiger partial charge is 0.493 e. The summed E-state index contributed by atoms with van der Waals surface area (Å²) in [4.78, 5) is 25.2. The molecule has 0 aromatic heterocycles. The van der Waals surface area contributed by atoms with Gasteiger partial charge in [-0.2, -0.15) is 0 Å². The smallest absolute Gasteiger partial charge is 0.338 e. The molecular formula is C22H30N2O4. The molecule has 2 N–H and O–H groups in total. The number of hydrogen-bond acceptors (Lipinski definition) is 4. The van der Waals surface area contributed by atoms with Crippen LogP contribution in [0.1, 0.15) is 70.4 Å². The normalized spacial score (nSPS) is 20.8. The molecule has 3 rings (SSSR count). The molecule has 2 amide bonds. The zero-order valence-electron chi connectivity index (χ0n) is 16.8. The second kappa shape index (κ2) is 9.62. The molecule has 2 aliphatic rings. The van der Waals surface area contributed by atoms with Crippen LogP contribution < -0.4 is 15.4 Å². The number of nitrogens with one attached hydrogen (secondary N) is 2. The molecule has 6 nitrogen and oxygen atoms in total. The minimum Gasteiger partial charge on any atom is -0.493 e. The van der Waals surface area contributed by atoms with E-state index in [4.69, 9.17) is 9.47 Å². The van der Waals surface area contributed by atoms with Crippen LogP contribution in [0.4, 0.5) is 4.79 Å². The number of urea groups is 1. The van der Waals surface area contributed by atoms with Crippen molar-refractivity contribution in [3.63, 3.8) is 0 Å². The van der Waals surface area contributed by atoms with Crippen LogP contribution in [0.2, 0.25) is 0 Å². The fourth-order valence-electron chi connectivity index (χ4n) is 3.83. The highest BCUT2D eigenvalue weighted by Crippen LogP contribution is 2.34. The first kappa shape index (κ1) is 20.2. The van der Waals surface area contributed by atoms with Crippen molar-refractivity contribution in [3.8, 4) is 5.75 Å². The Morgan fingerprint density at radius 1 is 1.14 bits per heavy atom. The standard InChI is InChI=1S/C22H30N2O4/c1-3-14-27-18-13-9-8-12-17(18)20-19(15(2)23-22(26)24-20)21(25)28-16-10-6-4-5-7-11-16/h8-9,12-13,16,20H,3-7,10-11,14H2,1-2H3,(H2,23,24,26)/t20-/m0/s1. The summed E-state index contributed by atoms with van der Waals surface area (Å²) in [5, 5.41) is 5.58. The number of hydrogen-bond donors (Lipinski definition) is 2. The summed E-state index contributed by atoms with van der Waals surface area (Å²) < 4.78 is 11.7. The number of carbonyl (C=O) groups excluding carboxylic acids is 2. The van der Waals surface area contributed by atoms with Gasteiger partial charge in [-0.15, -0.1) is 0 Å². The lowest BCUT2D eigenvalue weighted by Gasteiger charge is -2.30. The zero-order valence-corrected chi connectivity index (χ0v) is 16.8. The molecule has 1 atom stereocenters. The third kappa shape index (κ3) is 4.86. The number of rotatable bonds is 6. The molecule has 1 fully saturated rings. The lowest BCUT2D eigenvalue weighted by Crippen LogP contribution is -2.45. The molecule has 1 heterocycles. The van der Waals surface area contributed by atoms with Crippen LogP contribution in [0.3, 0.4) is 0 Å². The molecule has 1 aliphatic carbocycles. The van der Waals surface area contributed by atoms with Crippen molar-refractivity contribution in [2.24, 2.45) is 0 Å². The van der Waals surface area contributed by atoms with Crippen LogP contribution in [-0.4, -0.2) is 24.7 Å². The third-order valence-corrected chi connectivity index (χ3v) is 5.26. The highest BCUT2D eigenvalue weighted by Gasteiger charge is 2.35. The van der Waals surface area contributed by atoms with Crippen LogP contribution in [-0.2, 0) is 9.53 Å². The maximum Gasteiger partial charge on any atom is 0.338 e. The lowest BCUT2D eigenvalue weighted by atomic mass is 9.94. The molecule has 1 aliphatic heterocycles. The Morgan fingerprint density at radius 3 is 2.57 bits per heavy atom. The molecule has 28 heavy (non-hydrogen) atoms. The van der Waals surface area contributed by atoms with Crippen LogP contribution in [0.25, 0.3) is 0 Å². The van der Waals surface area contributed by atoms with Gasteiger partial charge in [0.2, 0.25) is 0 Å². The fraction of sp³-hybridized carbons (Fsp3) is 0.545.